The van der Waals surface area contributed by atoms with Gasteiger partial charge in [0.15, 0.2) is 0 Å². The van der Waals surface area contributed by atoms with E-state index in [-0.39, 0.29) is 30.4 Å². The summed E-state index contributed by atoms with van der Waals surface area (Å²) in [5.74, 6) is -1.04. The Balaban J connectivity index is 1.88. The Bertz CT molecular complexity index is 1940. The van der Waals surface area contributed by atoms with Crippen molar-refractivity contribution in [1.82, 2.24) is 4.57 Å². The lowest BCUT2D eigenvalue weighted by atomic mass is 9.89. The summed E-state index contributed by atoms with van der Waals surface area (Å²) in [6, 6.07) is 21.4. The van der Waals surface area contributed by atoms with Crippen LogP contribution in [-0.2, 0) is 19.4 Å². The second kappa shape index (κ2) is 11.1. The number of hydrogen-bond donors (Lipinski definition) is 1. The lowest BCUT2D eigenvalue weighted by molar-refractivity contribution is -0.134. The molecule has 3 aromatic carbocycles. The van der Waals surface area contributed by atoms with E-state index in [9.17, 15) is 18.0 Å². The van der Waals surface area contributed by atoms with Crippen molar-refractivity contribution in [2.75, 3.05) is 21.3 Å². The van der Waals surface area contributed by atoms with Crippen LogP contribution < -0.4 is 30.0 Å². The molecule has 0 amide bonds. The highest BCUT2D eigenvalue weighted by atomic mass is 32.2. The number of carbonyl (C=O) groups is 1. The fourth-order valence-corrected chi connectivity index (χ4v) is 7.56. The first-order valence-corrected chi connectivity index (χ1v) is 14.7. The van der Waals surface area contributed by atoms with Crippen molar-refractivity contribution < 1.29 is 27.4 Å². The summed E-state index contributed by atoms with van der Waals surface area (Å²) >= 11 is 1.03. The summed E-state index contributed by atoms with van der Waals surface area (Å²) < 4.78 is 45.5. The molecule has 9 nitrogen and oxygen atoms in total. The quantitative estimate of drug-likeness (QED) is 0.325. The number of thiazole rings is 1. The number of rotatable bonds is 7. The molecule has 5 rings (SSSR count). The molecule has 1 aromatic heterocycles. The first kappa shape index (κ1) is 27.9. The maximum absolute atomic E-state index is 14.2. The fourth-order valence-electron chi connectivity index (χ4n) is 4.69. The monoisotopic (exact) mass is 590 g/mol. The second-order valence-corrected chi connectivity index (χ2v) is 12.0. The molecule has 210 valence electrons. The molecule has 2 N–H and O–H groups in total. The number of nitrogens with two attached hydrogens (primary N) is 1. The number of sulfone groups is 1. The summed E-state index contributed by atoms with van der Waals surface area (Å²) in [6.45, 7) is 0. The average Bonchev–Trinajstić information content (AvgIpc) is 3.32. The lowest BCUT2D eigenvalue weighted by Gasteiger charge is -2.28. The van der Waals surface area contributed by atoms with Gasteiger partial charge in [0.25, 0.3) is 5.56 Å². The topological polar surface area (TPSA) is 127 Å². The zero-order chi connectivity index (χ0) is 29.3. The van der Waals surface area contributed by atoms with Gasteiger partial charge in [0.05, 0.1) is 42.2 Å². The van der Waals surface area contributed by atoms with Crippen molar-refractivity contribution in [3.8, 4) is 11.5 Å². The maximum Gasteiger partial charge on any atom is 0.337 e. The number of methoxy groups -OCH3 is 3. The number of carbonyl (C=O) groups excluding carboxylic acids is 1. The first-order valence-electron chi connectivity index (χ1n) is 12.4. The minimum Gasteiger partial charge on any atom is -0.497 e. The van der Waals surface area contributed by atoms with Crippen LogP contribution >= 0.6 is 11.3 Å². The molecular formula is C30H26N2O7S2. The molecule has 0 unspecified atom stereocenters. The zero-order valence-electron chi connectivity index (χ0n) is 22.4. The Morgan fingerprint density at radius 3 is 2.05 bits per heavy atom. The maximum atomic E-state index is 14.2. The van der Waals surface area contributed by atoms with Crippen LogP contribution in [0.3, 0.4) is 0 Å². The molecule has 0 saturated carbocycles. The van der Waals surface area contributed by atoms with Gasteiger partial charge in [0, 0.05) is 0 Å². The summed E-state index contributed by atoms with van der Waals surface area (Å²) in [4.78, 5) is 26.9. The molecule has 1 atom stereocenters. The highest BCUT2D eigenvalue weighted by Gasteiger charge is 2.42. The van der Waals surface area contributed by atoms with E-state index in [1.165, 1.54) is 26.4 Å². The Kier molecular flexibility index (Phi) is 7.57. The molecule has 1 aliphatic heterocycles. The molecule has 0 saturated heterocycles. The first-order chi connectivity index (χ1) is 19.7. The number of allylic oxidation sites excluding steroid dienone is 1. The largest absolute Gasteiger partial charge is 0.497 e. The third kappa shape index (κ3) is 4.94. The smallest absolute Gasteiger partial charge is 0.337 e. The second-order valence-electron chi connectivity index (χ2n) is 9.01. The molecule has 0 fully saturated rings. The van der Waals surface area contributed by atoms with Gasteiger partial charge in [0.1, 0.15) is 26.9 Å². The van der Waals surface area contributed by atoms with Crippen LogP contribution in [0.15, 0.2) is 93.5 Å². The van der Waals surface area contributed by atoms with Crippen molar-refractivity contribution in [1.29, 1.82) is 0 Å². The van der Waals surface area contributed by atoms with Crippen LogP contribution in [0.4, 0.5) is 0 Å². The Labute approximate surface area is 240 Å². The molecule has 4 aromatic rings. The number of esters is 1. The van der Waals surface area contributed by atoms with Gasteiger partial charge < -0.3 is 19.9 Å². The summed E-state index contributed by atoms with van der Waals surface area (Å²) in [5.41, 5.74) is 7.18. The van der Waals surface area contributed by atoms with E-state index in [1.54, 1.807) is 79.9 Å². The van der Waals surface area contributed by atoms with Gasteiger partial charge in [-0.2, -0.15) is 0 Å². The normalized spacial score (nSPS) is 15.4. The molecule has 0 radical (unpaired) electrons. The van der Waals surface area contributed by atoms with Crippen LogP contribution in [0, 0.1) is 0 Å². The highest BCUT2D eigenvalue weighted by molar-refractivity contribution is 7.95. The Morgan fingerprint density at radius 1 is 0.902 bits per heavy atom. The number of nitrogens with zero attached hydrogens (tertiary/aromatic N) is 1. The van der Waals surface area contributed by atoms with E-state index in [0.717, 1.165) is 15.9 Å². The number of aromatic nitrogens is 1. The molecule has 11 heteroatoms. The number of ether oxygens (including phenoxy) is 3. The van der Waals surface area contributed by atoms with Crippen molar-refractivity contribution in [3.63, 3.8) is 0 Å². The van der Waals surface area contributed by atoms with Crippen LogP contribution in [-0.4, -0.2) is 40.3 Å². The van der Waals surface area contributed by atoms with Gasteiger partial charge in [0.2, 0.25) is 9.84 Å². The number of benzene rings is 3. The van der Waals surface area contributed by atoms with E-state index in [4.69, 9.17) is 19.9 Å². The van der Waals surface area contributed by atoms with Crippen molar-refractivity contribution in [2.24, 2.45) is 5.73 Å². The van der Waals surface area contributed by atoms with E-state index < -0.39 is 27.3 Å². The predicted molar refractivity (Wildman–Crippen MR) is 157 cm³/mol. The lowest BCUT2D eigenvalue weighted by Crippen LogP contribution is -2.41. The third-order valence-electron chi connectivity index (χ3n) is 6.71. The summed E-state index contributed by atoms with van der Waals surface area (Å²) in [6.07, 6.45) is 1.65. The van der Waals surface area contributed by atoms with Crippen LogP contribution in [0.25, 0.3) is 17.5 Å². The summed E-state index contributed by atoms with van der Waals surface area (Å²) in [7, 11) is -0.0343. The molecule has 2 heterocycles. The Morgan fingerprint density at radius 2 is 1.49 bits per heavy atom. The van der Waals surface area contributed by atoms with Crippen molar-refractivity contribution >= 4 is 44.6 Å². The van der Waals surface area contributed by atoms with Gasteiger partial charge in [-0.3, -0.25) is 9.36 Å². The third-order valence-corrected chi connectivity index (χ3v) is 9.73. The fraction of sp³-hybridized carbons (Fsp3) is 0.133. The van der Waals surface area contributed by atoms with Gasteiger partial charge >= 0.3 is 5.97 Å². The molecule has 0 aliphatic carbocycles. The number of fused-ring (bicyclic) bond motifs is 1. The van der Waals surface area contributed by atoms with E-state index in [1.807, 2.05) is 0 Å². The van der Waals surface area contributed by atoms with E-state index in [0.29, 0.717) is 22.6 Å². The van der Waals surface area contributed by atoms with E-state index in [2.05, 4.69) is 0 Å². The minimum absolute atomic E-state index is 0.0159. The molecular weight excluding hydrogens is 564 g/mol. The predicted octanol–water partition coefficient (Wildman–Crippen LogP) is 2.44. The zero-order valence-corrected chi connectivity index (χ0v) is 24.0. The van der Waals surface area contributed by atoms with Crippen LogP contribution in [0.1, 0.15) is 17.0 Å². The van der Waals surface area contributed by atoms with Gasteiger partial charge in [-0.25, -0.2) is 13.2 Å². The van der Waals surface area contributed by atoms with Gasteiger partial charge in [-0.15, -0.1) is 11.3 Å². The standard InChI is InChI=1S/C30H26N2O7S2/c1-37-20-13-9-18(10-14-20)17-23-28(33)32-27(31)26(41(35,36)22-7-5-4-6-8-22)24(19-11-15-21(38-2)16-12-19)25(29(32)40-23)30(34)39-3/h4-17,24H,31H2,1-3H3/b23-17+/t24-/m0/s1. The highest BCUT2D eigenvalue weighted by Crippen LogP contribution is 2.42. The van der Waals surface area contributed by atoms with Crippen LogP contribution in [0.2, 0.25) is 0 Å². The average molecular weight is 591 g/mol. The SMILES string of the molecule is COC(=O)C1=c2s/c(=C/c3ccc(OC)cc3)c(=O)n2C(N)=C(S(=O)(=O)c2ccccc2)[C@H]1c1ccc(OC)cc1. The Hall–Kier alpha value is -4.61. The summed E-state index contributed by atoms with van der Waals surface area (Å²) in [5, 5.41) is 0. The van der Waals surface area contributed by atoms with Crippen LogP contribution in [0.5, 0.6) is 11.5 Å². The van der Waals surface area contributed by atoms with Gasteiger partial charge in [-0.1, -0.05) is 42.5 Å². The van der Waals surface area contributed by atoms with Crippen molar-refractivity contribution in [3.05, 3.63) is 114 Å². The van der Waals surface area contributed by atoms with Crippen molar-refractivity contribution in [2.45, 2.75) is 10.8 Å². The minimum atomic E-state index is -4.30. The number of hydrogen-bond acceptors (Lipinski definition) is 9. The van der Waals surface area contributed by atoms with Gasteiger partial charge in [-0.05, 0) is 53.6 Å². The molecule has 1 aliphatic rings. The molecule has 0 bridgehead atoms. The molecule has 41 heavy (non-hydrogen) atoms. The molecule has 0 spiro atoms. The van der Waals surface area contributed by atoms with E-state index >= 15 is 0 Å².